The van der Waals surface area contributed by atoms with Gasteiger partial charge in [-0.3, -0.25) is 0 Å². The average Bonchev–Trinajstić information content (AvgIpc) is 2.47. The minimum absolute atomic E-state index is 0.268. The van der Waals surface area contributed by atoms with Gasteiger partial charge in [0.2, 0.25) is 0 Å². The maximum absolute atomic E-state index is 9.00. The number of hydrogen-bond donors (Lipinski definition) is 2. The van der Waals surface area contributed by atoms with Crippen molar-refractivity contribution in [1.29, 1.82) is 0 Å². The van der Waals surface area contributed by atoms with Gasteiger partial charge >= 0.3 is 0 Å². The van der Waals surface area contributed by atoms with Gasteiger partial charge in [-0.25, -0.2) is 0 Å². The van der Waals surface area contributed by atoms with Crippen LogP contribution < -0.4 is 5.32 Å². The molecule has 1 heterocycles. The molecule has 1 saturated heterocycles. The van der Waals surface area contributed by atoms with Crippen LogP contribution in [0.1, 0.15) is 26.7 Å². The summed E-state index contributed by atoms with van der Waals surface area (Å²) in [5.74, 6) is 1.26. The molecule has 0 aromatic heterocycles. The Kier molecular flexibility index (Phi) is 4.40. The van der Waals surface area contributed by atoms with Crippen molar-refractivity contribution >= 4 is 11.8 Å². The van der Waals surface area contributed by atoms with Gasteiger partial charge in [0.05, 0.1) is 6.61 Å². The molecule has 1 fully saturated rings. The normalized spacial score (nSPS) is 32.2. The second kappa shape index (κ2) is 5.10. The summed E-state index contributed by atoms with van der Waals surface area (Å²) < 4.78 is 0. The Morgan fingerprint density at radius 2 is 2.42 bits per heavy atom. The van der Waals surface area contributed by atoms with Gasteiger partial charge < -0.3 is 10.4 Å². The predicted molar refractivity (Wildman–Crippen MR) is 54.6 cm³/mol. The summed E-state index contributed by atoms with van der Waals surface area (Å²) in [6, 6.07) is 0.920. The lowest BCUT2D eigenvalue weighted by molar-refractivity contribution is 0.227. The maximum Gasteiger partial charge on any atom is 0.0584 e. The molecule has 1 rings (SSSR count). The molecule has 0 aliphatic carbocycles. The Hall–Kier alpha value is 0.270. The third kappa shape index (κ3) is 2.64. The molecule has 0 saturated carbocycles. The third-order valence-electron chi connectivity index (χ3n) is 2.54. The van der Waals surface area contributed by atoms with Gasteiger partial charge in [-0.05, 0) is 18.6 Å². The van der Waals surface area contributed by atoms with Gasteiger partial charge in [-0.1, -0.05) is 13.8 Å². The van der Waals surface area contributed by atoms with Gasteiger partial charge in [0.1, 0.15) is 0 Å². The molecule has 1 aliphatic heterocycles. The van der Waals surface area contributed by atoms with Crippen LogP contribution in [0.5, 0.6) is 0 Å². The molecule has 0 radical (unpaired) electrons. The van der Waals surface area contributed by atoms with E-state index < -0.39 is 0 Å². The van der Waals surface area contributed by atoms with Crippen LogP contribution in [0.15, 0.2) is 0 Å². The smallest absolute Gasteiger partial charge is 0.0584 e. The first-order chi connectivity index (χ1) is 5.77. The van der Waals surface area contributed by atoms with Crippen molar-refractivity contribution in [3.8, 4) is 0 Å². The lowest BCUT2D eigenvalue weighted by Crippen LogP contribution is -2.42. The van der Waals surface area contributed by atoms with Crippen molar-refractivity contribution in [3.05, 3.63) is 0 Å². The Balaban J connectivity index is 2.28. The summed E-state index contributed by atoms with van der Waals surface area (Å²) in [6.45, 7) is 4.64. The van der Waals surface area contributed by atoms with Crippen LogP contribution in [0.4, 0.5) is 0 Å². The standard InChI is InChI=1S/C9H19NOS/c1-3-8(6-11)10-9-4-5-12-7(9)2/h7-11H,3-6H2,1-2H3/t7?,8-,9?/m0/s1. The van der Waals surface area contributed by atoms with Crippen LogP contribution in [0.25, 0.3) is 0 Å². The monoisotopic (exact) mass is 189 g/mol. The fourth-order valence-corrected chi connectivity index (χ4v) is 2.76. The second-order valence-corrected chi connectivity index (χ2v) is 4.91. The van der Waals surface area contributed by atoms with Crippen LogP contribution in [-0.4, -0.2) is 34.8 Å². The molecule has 72 valence electrons. The van der Waals surface area contributed by atoms with Gasteiger partial charge in [0.25, 0.3) is 0 Å². The molecule has 2 nitrogen and oxygen atoms in total. The molecule has 0 spiro atoms. The van der Waals surface area contributed by atoms with Crippen molar-refractivity contribution in [1.82, 2.24) is 5.32 Å². The fourth-order valence-electron chi connectivity index (χ4n) is 1.55. The Labute approximate surface area is 79.1 Å². The third-order valence-corrected chi connectivity index (χ3v) is 3.86. The molecule has 2 N–H and O–H groups in total. The van der Waals surface area contributed by atoms with Crippen LogP contribution in [-0.2, 0) is 0 Å². The van der Waals surface area contributed by atoms with Crippen LogP contribution in [0, 0.1) is 0 Å². The summed E-state index contributed by atoms with van der Waals surface area (Å²) in [5.41, 5.74) is 0. The van der Waals surface area contributed by atoms with E-state index in [1.54, 1.807) is 0 Å². The SMILES string of the molecule is CC[C@@H](CO)NC1CCSC1C. The van der Waals surface area contributed by atoms with Crippen molar-refractivity contribution in [2.75, 3.05) is 12.4 Å². The molecular formula is C9H19NOS. The highest BCUT2D eigenvalue weighted by atomic mass is 32.2. The van der Waals surface area contributed by atoms with Gasteiger partial charge in [-0.2, -0.15) is 11.8 Å². The average molecular weight is 189 g/mol. The van der Waals surface area contributed by atoms with E-state index in [0.717, 1.165) is 6.42 Å². The molecule has 0 aromatic carbocycles. The highest BCUT2D eigenvalue weighted by Crippen LogP contribution is 2.26. The van der Waals surface area contributed by atoms with Crippen molar-refractivity contribution in [2.45, 2.75) is 44.0 Å². The van der Waals surface area contributed by atoms with E-state index in [1.165, 1.54) is 12.2 Å². The largest absolute Gasteiger partial charge is 0.395 e. The van der Waals surface area contributed by atoms with Crippen molar-refractivity contribution in [3.63, 3.8) is 0 Å². The number of aliphatic hydroxyl groups excluding tert-OH is 1. The molecule has 3 atom stereocenters. The first kappa shape index (κ1) is 10.4. The number of nitrogens with one attached hydrogen (secondary N) is 1. The van der Waals surface area contributed by atoms with Crippen LogP contribution in [0.3, 0.4) is 0 Å². The van der Waals surface area contributed by atoms with E-state index in [1.807, 2.05) is 11.8 Å². The van der Waals surface area contributed by atoms with E-state index in [2.05, 4.69) is 19.2 Å². The minimum Gasteiger partial charge on any atom is -0.395 e. The first-order valence-electron chi connectivity index (χ1n) is 4.76. The lowest BCUT2D eigenvalue weighted by Gasteiger charge is -2.22. The molecule has 12 heavy (non-hydrogen) atoms. The Morgan fingerprint density at radius 1 is 1.67 bits per heavy atom. The van der Waals surface area contributed by atoms with E-state index in [-0.39, 0.29) is 6.61 Å². The Bertz CT molecular complexity index is 128. The zero-order valence-electron chi connectivity index (χ0n) is 7.92. The van der Waals surface area contributed by atoms with Crippen LogP contribution in [0.2, 0.25) is 0 Å². The lowest BCUT2D eigenvalue weighted by atomic mass is 10.1. The summed E-state index contributed by atoms with van der Waals surface area (Å²) in [7, 11) is 0. The molecule has 0 aromatic rings. The molecule has 3 heteroatoms. The summed E-state index contributed by atoms with van der Waals surface area (Å²) in [5, 5.41) is 13.2. The molecule has 1 aliphatic rings. The highest BCUT2D eigenvalue weighted by molar-refractivity contribution is 8.00. The van der Waals surface area contributed by atoms with E-state index in [4.69, 9.17) is 5.11 Å². The summed E-state index contributed by atoms with van der Waals surface area (Å²) >= 11 is 2.02. The second-order valence-electron chi connectivity index (χ2n) is 3.43. The van der Waals surface area contributed by atoms with E-state index in [0.29, 0.717) is 17.3 Å². The molecule has 0 amide bonds. The molecular weight excluding hydrogens is 170 g/mol. The highest BCUT2D eigenvalue weighted by Gasteiger charge is 2.25. The van der Waals surface area contributed by atoms with Gasteiger partial charge in [0.15, 0.2) is 0 Å². The van der Waals surface area contributed by atoms with E-state index in [9.17, 15) is 0 Å². The zero-order chi connectivity index (χ0) is 8.97. The quantitative estimate of drug-likeness (QED) is 0.698. The van der Waals surface area contributed by atoms with Gasteiger partial charge in [-0.15, -0.1) is 0 Å². The zero-order valence-corrected chi connectivity index (χ0v) is 8.73. The predicted octanol–water partition coefficient (Wildman–Crippen LogP) is 1.24. The van der Waals surface area contributed by atoms with Crippen molar-refractivity contribution in [2.24, 2.45) is 0 Å². The molecule has 2 unspecified atom stereocenters. The number of hydrogen-bond acceptors (Lipinski definition) is 3. The summed E-state index contributed by atoms with van der Waals surface area (Å²) in [4.78, 5) is 0. The summed E-state index contributed by atoms with van der Waals surface area (Å²) in [6.07, 6.45) is 2.27. The number of rotatable bonds is 4. The fraction of sp³-hybridized carbons (Fsp3) is 1.00. The molecule has 0 bridgehead atoms. The topological polar surface area (TPSA) is 32.3 Å². The number of thioether (sulfide) groups is 1. The van der Waals surface area contributed by atoms with E-state index >= 15 is 0 Å². The van der Waals surface area contributed by atoms with Gasteiger partial charge in [0, 0.05) is 17.3 Å². The van der Waals surface area contributed by atoms with Crippen LogP contribution >= 0.6 is 11.8 Å². The minimum atomic E-state index is 0.268. The maximum atomic E-state index is 9.00. The number of aliphatic hydroxyl groups is 1. The van der Waals surface area contributed by atoms with Crippen molar-refractivity contribution < 1.29 is 5.11 Å². The first-order valence-corrected chi connectivity index (χ1v) is 5.81. The Morgan fingerprint density at radius 3 is 2.83 bits per heavy atom.